The Bertz CT molecular complexity index is 790. The Balaban J connectivity index is 3.78. The van der Waals surface area contributed by atoms with Crippen LogP contribution in [0.15, 0.2) is 48.6 Å². The van der Waals surface area contributed by atoms with Gasteiger partial charge in [-0.2, -0.15) is 0 Å². The topological polar surface area (TPSA) is 89.8 Å². The van der Waals surface area contributed by atoms with Crippen LogP contribution in [-0.2, 0) is 4.79 Å². The molecule has 5 nitrogen and oxygen atoms in total. The summed E-state index contributed by atoms with van der Waals surface area (Å²) in [5, 5.41) is 33.1. The first-order chi connectivity index (χ1) is 23.5. The molecule has 0 aromatic carbocycles. The fraction of sp³-hybridized carbons (Fsp3) is 0.791. The number of aliphatic hydroxyl groups is 3. The van der Waals surface area contributed by atoms with E-state index in [1.165, 1.54) is 116 Å². The first kappa shape index (κ1) is 46.3. The summed E-state index contributed by atoms with van der Waals surface area (Å²) in [4.78, 5) is 12.4. The first-order valence-corrected chi connectivity index (χ1v) is 20.4. The SMILES string of the molecule is CCCCC/C=C\C/C=C\CCCCCCCC(O)CC(=O)NC(CO)C(O)/C=C/CC/C=C/CCCCCCCCCCCCCC. The summed E-state index contributed by atoms with van der Waals surface area (Å²) < 4.78 is 0. The summed E-state index contributed by atoms with van der Waals surface area (Å²) in [6.45, 7) is 4.16. The van der Waals surface area contributed by atoms with Gasteiger partial charge in [-0.1, -0.05) is 172 Å². The zero-order valence-electron chi connectivity index (χ0n) is 31.6. The van der Waals surface area contributed by atoms with E-state index in [1.807, 2.05) is 6.08 Å². The number of amides is 1. The van der Waals surface area contributed by atoms with Crippen molar-refractivity contribution in [2.75, 3.05) is 6.61 Å². The Morgan fingerprint density at radius 1 is 0.542 bits per heavy atom. The van der Waals surface area contributed by atoms with Crippen LogP contribution in [0, 0.1) is 0 Å². The number of nitrogens with one attached hydrogen (secondary N) is 1. The van der Waals surface area contributed by atoms with Gasteiger partial charge >= 0.3 is 0 Å². The average Bonchev–Trinajstić information content (AvgIpc) is 3.08. The molecule has 0 bridgehead atoms. The van der Waals surface area contributed by atoms with Crippen molar-refractivity contribution in [3.63, 3.8) is 0 Å². The predicted molar refractivity (Wildman–Crippen MR) is 208 cm³/mol. The molecule has 1 amide bonds. The molecule has 0 spiro atoms. The summed E-state index contributed by atoms with van der Waals surface area (Å²) in [6, 6.07) is -0.766. The highest BCUT2D eigenvalue weighted by atomic mass is 16.3. The lowest BCUT2D eigenvalue weighted by Crippen LogP contribution is -2.45. The summed E-state index contributed by atoms with van der Waals surface area (Å²) >= 11 is 0. The molecule has 0 aliphatic carbocycles. The highest BCUT2D eigenvalue weighted by Gasteiger charge is 2.20. The van der Waals surface area contributed by atoms with E-state index in [4.69, 9.17) is 0 Å². The maximum Gasteiger partial charge on any atom is 0.222 e. The number of hydrogen-bond acceptors (Lipinski definition) is 4. The number of unbranched alkanes of at least 4 members (excludes halogenated alkanes) is 21. The molecule has 4 N–H and O–H groups in total. The minimum absolute atomic E-state index is 0.00519. The van der Waals surface area contributed by atoms with Crippen LogP contribution >= 0.6 is 0 Å². The molecule has 0 aliphatic rings. The van der Waals surface area contributed by atoms with Crippen LogP contribution in [0.1, 0.15) is 194 Å². The van der Waals surface area contributed by atoms with Crippen molar-refractivity contribution < 1.29 is 20.1 Å². The van der Waals surface area contributed by atoms with Crippen molar-refractivity contribution in [3.05, 3.63) is 48.6 Å². The molecule has 0 saturated carbocycles. The highest BCUT2D eigenvalue weighted by molar-refractivity contribution is 5.76. The van der Waals surface area contributed by atoms with Gasteiger partial charge in [-0.05, 0) is 64.2 Å². The molecule has 0 heterocycles. The van der Waals surface area contributed by atoms with Gasteiger partial charge in [0.15, 0.2) is 0 Å². The zero-order valence-corrected chi connectivity index (χ0v) is 31.6. The minimum atomic E-state index is -0.956. The highest BCUT2D eigenvalue weighted by Crippen LogP contribution is 2.14. The van der Waals surface area contributed by atoms with Gasteiger partial charge in [0.25, 0.3) is 0 Å². The molecular weight excluding hydrogens is 594 g/mol. The van der Waals surface area contributed by atoms with Crippen LogP contribution in [0.25, 0.3) is 0 Å². The van der Waals surface area contributed by atoms with Crippen molar-refractivity contribution in [2.45, 2.75) is 212 Å². The Hall–Kier alpha value is -1.69. The third-order valence-electron chi connectivity index (χ3n) is 9.09. The Morgan fingerprint density at radius 3 is 1.50 bits per heavy atom. The van der Waals surface area contributed by atoms with Crippen LogP contribution in [0.5, 0.6) is 0 Å². The number of carbonyl (C=O) groups excluding carboxylic acids is 1. The van der Waals surface area contributed by atoms with Gasteiger partial charge in [-0.3, -0.25) is 4.79 Å². The summed E-state index contributed by atoms with van der Waals surface area (Å²) in [7, 11) is 0. The molecule has 280 valence electrons. The van der Waals surface area contributed by atoms with Crippen LogP contribution in [0.3, 0.4) is 0 Å². The second-order valence-electron chi connectivity index (χ2n) is 13.9. The third-order valence-corrected chi connectivity index (χ3v) is 9.09. The molecule has 5 heteroatoms. The lowest BCUT2D eigenvalue weighted by molar-refractivity contribution is -0.124. The number of hydrogen-bond donors (Lipinski definition) is 4. The van der Waals surface area contributed by atoms with Gasteiger partial charge in [0.2, 0.25) is 5.91 Å². The van der Waals surface area contributed by atoms with Gasteiger partial charge in [-0.25, -0.2) is 0 Å². The van der Waals surface area contributed by atoms with E-state index >= 15 is 0 Å². The lowest BCUT2D eigenvalue weighted by atomic mass is 10.0. The summed E-state index contributed by atoms with van der Waals surface area (Å²) in [5.74, 6) is -0.336. The monoisotopic (exact) mass is 674 g/mol. The van der Waals surface area contributed by atoms with Gasteiger partial charge < -0.3 is 20.6 Å². The molecule has 48 heavy (non-hydrogen) atoms. The predicted octanol–water partition coefficient (Wildman–Crippen LogP) is 11.4. The van der Waals surface area contributed by atoms with E-state index < -0.39 is 18.2 Å². The van der Waals surface area contributed by atoms with Crippen molar-refractivity contribution in [2.24, 2.45) is 0 Å². The van der Waals surface area contributed by atoms with Gasteiger partial charge in [0.05, 0.1) is 31.3 Å². The number of allylic oxidation sites excluding steroid dienone is 7. The standard InChI is InChI=1S/C43H79NO4/c1-3-5-7-9-11-13-15-17-19-20-21-23-25-27-29-31-33-35-37-42(47)41(39-45)44-43(48)38-40(46)36-34-32-30-28-26-24-22-18-16-14-12-10-8-6-4-2/h12,14,18,22,27,29,35,37,40-42,45-47H,3-11,13,15-17,19-21,23-26,28,30-34,36,38-39H2,1-2H3,(H,44,48)/b14-12-,22-18-,29-27+,37-35+. The number of aliphatic hydroxyl groups excluding tert-OH is 3. The van der Waals surface area contributed by atoms with E-state index in [2.05, 4.69) is 55.6 Å². The van der Waals surface area contributed by atoms with Crippen molar-refractivity contribution in [1.29, 1.82) is 0 Å². The Kier molecular flexibility index (Phi) is 36.8. The first-order valence-electron chi connectivity index (χ1n) is 20.4. The van der Waals surface area contributed by atoms with E-state index in [0.717, 1.165) is 51.4 Å². The molecule has 0 fully saturated rings. The number of carbonyl (C=O) groups is 1. The Morgan fingerprint density at radius 2 is 0.958 bits per heavy atom. The fourth-order valence-corrected chi connectivity index (χ4v) is 5.91. The Labute approximate surface area is 297 Å². The molecular formula is C43H79NO4. The zero-order chi connectivity index (χ0) is 35.2. The maximum atomic E-state index is 12.4. The normalized spacial score (nSPS) is 14.2. The summed E-state index contributed by atoms with van der Waals surface area (Å²) in [5.41, 5.74) is 0. The van der Waals surface area contributed by atoms with E-state index in [-0.39, 0.29) is 18.9 Å². The second-order valence-corrected chi connectivity index (χ2v) is 13.9. The molecule has 0 rings (SSSR count). The van der Waals surface area contributed by atoms with Gasteiger partial charge in [-0.15, -0.1) is 0 Å². The smallest absolute Gasteiger partial charge is 0.222 e. The average molecular weight is 674 g/mol. The van der Waals surface area contributed by atoms with Crippen molar-refractivity contribution in [3.8, 4) is 0 Å². The third kappa shape index (κ3) is 34.2. The molecule has 3 unspecified atom stereocenters. The molecule has 0 radical (unpaired) electrons. The van der Waals surface area contributed by atoms with E-state index in [0.29, 0.717) is 6.42 Å². The molecule has 3 atom stereocenters. The largest absolute Gasteiger partial charge is 0.394 e. The van der Waals surface area contributed by atoms with Crippen LogP contribution in [-0.4, -0.2) is 46.1 Å². The van der Waals surface area contributed by atoms with Crippen molar-refractivity contribution in [1.82, 2.24) is 5.32 Å². The lowest BCUT2D eigenvalue weighted by Gasteiger charge is -2.20. The fourth-order valence-electron chi connectivity index (χ4n) is 5.91. The molecule has 0 aromatic heterocycles. The molecule has 0 saturated heterocycles. The minimum Gasteiger partial charge on any atom is -0.394 e. The van der Waals surface area contributed by atoms with Crippen molar-refractivity contribution >= 4 is 5.91 Å². The van der Waals surface area contributed by atoms with Crippen LogP contribution in [0.2, 0.25) is 0 Å². The maximum absolute atomic E-state index is 12.4. The summed E-state index contributed by atoms with van der Waals surface area (Å²) in [6.07, 6.45) is 48.1. The molecule has 0 aromatic rings. The van der Waals surface area contributed by atoms with E-state index in [9.17, 15) is 20.1 Å². The quantitative estimate of drug-likeness (QED) is 0.0393. The van der Waals surface area contributed by atoms with Gasteiger partial charge in [0.1, 0.15) is 0 Å². The molecule has 0 aliphatic heterocycles. The second kappa shape index (κ2) is 38.1. The van der Waals surface area contributed by atoms with Crippen LogP contribution < -0.4 is 5.32 Å². The number of rotatable bonds is 36. The van der Waals surface area contributed by atoms with E-state index in [1.54, 1.807) is 6.08 Å². The van der Waals surface area contributed by atoms with Crippen LogP contribution in [0.4, 0.5) is 0 Å². The van der Waals surface area contributed by atoms with Gasteiger partial charge in [0, 0.05) is 0 Å².